The number of benzene rings is 1. The van der Waals surface area contributed by atoms with Gasteiger partial charge in [-0.05, 0) is 48.2 Å². The van der Waals surface area contributed by atoms with Gasteiger partial charge in [0, 0.05) is 22.2 Å². The monoisotopic (exact) mass is 292 g/mol. The average Bonchev–Trinajstić information content (AvgIpc) is 3.04. The van der Waals surface area contributed by atoms with Crippen LogP contribution in [0.25, 0.3) is 10.1 Å². The Morgan fingerprint density at radius 1 is 1.42 bits per heavy atom. The molecule has 0 bridgehead atoms. The summed E-state index contributed by atoms with van der Waals surface area (Å²) in [5.41, 5.74) is 6.49. The molecular formula is C14H16N2OS2. The molecule has 2 heterocycles. The number of thiophene rings is 1. The summed E-state index contributed by atoms with van der Waals surface area (Å²) in [6.45, 7) is 0.778. The molecule has 1 saturated heterocycles. The van der Waals surface area contributed by atoms with Crippen molar-refractivity contribution in [2.45, 2.75) is 18.1 Å². The number of nitrogens with two attached hydrogens (primary N) is 1. The second-order valence-corrected chi connectivity index (χ2v) is 7.24. The maximum absolute atomic E-state index is 12.1. The van der Waals surface area contributed by atoms with Gasteiger partial charge in [0.15, 0.2) is 0 Å². The lowest BCUT2D eigenvalue weighted by Crippen LogP contribution is -2.29. The van der Waals surface area contributed by atoms with Crippen LogP contribution in [0.4, 0.5) is 5.69 Å². The number of hydrogen-bond acceptors (Lipinski definition) is 4. The molecular weight excluding hydrogens is 276 g/mol. The van der Waals surface area contributed by atoms with Crippen LogP contribution in [0, 0.1) is 0 Å². The molecule has 1 aliphatic rings. The summed E-state index contributed by atoms with van der Waals surface area (Å²) in [7, 11) is 0. The predicted molar refractivity (Wildman–Crippen MR) is 84.1 cm³/mol. The quantitative estimate of drug-likeness (QED) is 0.855. The topological polar surface area (TPSA) is 55.1 Å². The fourth-order valence-electron chi connectivity index (χ4n) is 2.27. The number of amides is 1. The van der Waals surface area contributed by atoms with Crippen molar-refractivity contribution in [3.05, 3.63) is 29.1 Å². The number of carbonyl (C=O) groups excluding carboxylic acids is 1. The zero-order valence-electron chi connectivity index (χ0n) is 10.5. The summed E-state index contributed by atoms with van der Waals surface area (Å²) in [6, 6.07) is 7.68. The summed E-state index contributed by atoms with van der Waals surface area (Å²) in [4.78, 5) is 12.9. The number of carbonyl (C=O) groups is 1. The van der Waals surface area contributed by atoms with E-state index in [0.29, 0.717) is 5.25 Å². The van der Waals surface area contributed by atoms with E-state index in [1.54, 1.807) is 0 Å². The first kappa shape index (κ1) is 12.8. The van der Waals surface area contributed by atoms with Crippen LogP contribution in [0.1, 0.15) is 22.5 Å². The standard InChI is InChI=1S/C14H16N2OS2/c15-10-3-4-12-9(6-10)7-13(19-12)14(17)16-8-11-2-1-5-18-11/h3-4,6-7,11H,1-2,5,8,15H2,(H,16,17). The smallest absolute Gasteiger partial charge is 0.261 e. The first-order valence-corrected chi connectivity index (χ1v) is 8.28. The number of rotatable bonds is 3. The van der Waals surface area contributed by atoms with Crippen LogP contribution in [-0.2, 0) is 0 Å². The van der Waals surface area contributed by atoms with Crippen LogP contribution in [0.2, 0.25) is 0 Å². The molecule has 5 heteroatoms. The minimum atomic E-state index is 0.0345. The number of fused-ring (bicyclic) bond motifs is 1. The van der Waals surface area contributed by atoms with E-state index < -0.39 is 0 Å². The molecule has 1 fully saturated rings. The summed E-state index contributed by atoms with van der Waals surface area (Å²) < 4.78 is 1.11. The fourth-order valence-corrected chi connectivity index (χ4v) is 4.43. The Bertz CT molecular complexity index is 603. The first-order valence-electron chi connectivity index (χ1n) is 6.41. The molecule has 19 heavy (non-hydrogen) atoms. The van der Waals surface area contributed by atoms with Gasteiger partial charge in [-0.1, -0.05) is 0 Å². The molecule has 0 radical (unpaired) electrons. The van der Waals surface area contributed by atoms with Gasteiger partial charge < -0.3 is 11.1 Å². The van der Waals surface area contributed by atoms with Gasteiger partial charge in [0.05, 0.1) is 4.88 Å². The maximum atomic E-state index is 12.1. The van der Waals surface area contributed by atoms with E-state index in [1.165, 1.54) is 29.9 Å². The third-order valence-corrected chi connectivity index (χ3v) is 5.79. The fraction of sp³-hybridized carbons (Fsp3) is 0.357. The van der Waals surface area contributed by atoms with Crippen LogP contribution < -0.4 is 11.1 Å². The Labute approximate surface area is 120 Å². The zero-order valence-corrected chi connectivity index (χ0v) is 12.2. The Morgan fingerprint density at radius 2 is 2.32 bits per heavy atom. The number of nitrogens with one attached hydrogen (secondary N) is 1. The number of anilines is 1. The van der Waals surface area contributed by atoms with Crippen LogP contribution in [-0.4, -0.2) is 23.5 Å². The van der Waals surface area contributed by atoms with Crippen molar-refractivity contribution in [2.75, 3.05) is 18.0 Å². The van der Waals surface area contributed by atoms with Crippen molar-refractivity contribution >= 4 is 44.8 Å². The minimum absolute atomic E-state index is 0.0345. The third-order valence-electron chi connectivity index (χ3n) is 3.28. The maximum Gasteiger partial charge on any atom is 0.261 e. The lowest BCUT2D eigenvalue weighted by atomic mass is 10.2. The van der Waals surface area contributed by atoms with E-state index in [-0.39, 0.29) is 5.91 Å². The zero-order chi connectivity index (χ0) is 13.2. The molecule has 1 aromatic heterocycles. The highest BCUT2D eigenvalue weighted by atomic mass is 32.2. The molecule has 1 aliphatic heterocycles. The Balaban J connectivity index is 1.70. The van der Waals surface area contributed by atoms with E-state index >= 15 is 0 Å². The molecule has 0 saturated carbocycles. The molecule has 3 rings (SSSR count). The van der Waals surface area contributed by atoms with E-state index in [2.05, 4.69) is 5.32 Å². The largest absolute Gasteiger partial charge is 0.399 e. The van der Waals surface area contributed by atoms with Gasteiger partial charge in [-0.2, -0.15) is 11.8 Å². The molecule has 2 aromatic rings. The SMILES string of the molecule is Nc1ccc2sc(C(=O)NCC3CCCS3)cc2c1. The van der Waals surface area contributed by atoms with Crippen LogP contribution >= 0.6 is 23.1 Å². The molecule has 0 spiro atoms. The molecule has 3 N–H and O–H groups in total. The van der Waals surface area contributed by atoms with Crippen molar-refractivity contribution in [3.63, 3.8) is 0 Å². The highest BCUT2D eigenvalue weighted by molar-refractivity contribution is 8.00. The van der Waals surface area contributed by atoms with E-state index in [9.17, 15) is 4.79 Å². The molecule has 0 aliphatic carbocycles. The van der Waals surface area contributed by atoms with E-state index in [4.69, 9.17) is 5.73 Å². The van der Waals surface area contributed by atoms with Gasteiger partial charge in [0.2, 0.25) is 0 Å². The first-order chi connectivity index (χ1) is 9.22. The molecule has 100 valence electrons. The molecule has 1 unspecified atom stereocenters. The molecule has 3 nitrogen and oxygen atoms in total. The Hall–Kier alpha value is -1.20. The van der Waals surface area contributed by atoms with Gasteiger partial charge >= 0.3 is 0 Å². The second kappa shape index (κ2) is 5.43. The summed E-state index contributed by atoms with van der Waals surface area (Å²) in [6.07, 6.45) is 2.49. The predicted octanol–water partition coefficient (Wildman–Crippen LogP) is 3.11. The van der Waals surface area contributed by atoms with Crippen molar-refractivity contribution in [1.82, 2.24) is 5.32 Å². The van der Waals surface area contributed by atoms with Crippen molar-refractivity contribution in [2.24, 2.45) is 0 Å². The Kier molecular flexibility index (Phi) is 3.66. The van der Waals surface area contributed by atoms with Crippen LogP contribution in [0.3, 0.4) is 0 Å². The summed E-state index contributed by atoms with van der Waals surface area (Å²) >= 11 is 3.48. The molecule has 1 aromatic carbocycles. The van der Waals surface area contributed by atoms with Crippen molar-refractivity contribution in [1.29, 1.82) is 0 Å². The minimum Gasteiger partial charge on any atom is -0.399 e. The van der Waals surface area contributed by atoms with Gasteiger partial charge in [-0.3, -0.25) is 4.79 Å². The number of hydrogen-bond donors (Lipinski definition) is 2. The van der Waals surface area contributed by atoms with E-state index in [0.717, 1.165) is 27.2 Å². The van der Waals surface area contributed by atoms with Crippen molar-refractivity contribution in [3.8, 4) is 0 Å². The summed E-state index contributed by atoms with van der Waals surface area (Å²) in [5.74, 6) is 1.26. The van der Waals surface area contributed by atoms with E-state index in [1.807, 2.05) is 36.0 Å². The number of nitrogen functional groups attached to an aromatic ring is 1. The van der Waals surface area contributed by atoms with Gasteiger partial charge in [-0.15, -0.1) is 11.3 Å². The van der Waals surface area contributed by atoms with Gasteiger partial charge in [0.1, 0.15) is 0 Å². The Morgan fingerprint density at radius 3 is 3.11 bits per heavy atom. The van der Waals surface area contributed by atoms with Gasteiger partial charge in [-0.25, -0.2) is 0 Å². The lowest BCUT2D eigenvalue weighted by Gasteiger charge is -2.08. The normalized spacial score (nSPS) is 18.8. The van der Waals surface area contributed by atoms with Crippen molar-refractivity contribution < 1.29 is 4.79 Å². The lowest BCUT2D eigenvalue weighted by molar-refractivity contribution is 0.0958. The highest BCUT2D eigenvalue weighted by Crippen LogP contribution is 2.28. The molecule has 1 atom stereocenters. The third kappa shape index (κ3) is 2.87. The highest BCUT2D eigenvalue weighted by Gasteiger charge is 2.17. The van der Waals surface area contributed by atoms with Crippen LogP contribution in [0.15, 0.2) is 24.3 Å². The summed E-state index contributed by atoms with van der Waals surface area (Å²) in [5, 5.41) is 4.67. The van der Waals surface area contributed by atoms with Crippen LogP contribution in [0.5, 0.6) is 0 Å². The molecule has 1 amide bonds. The van der Waals surface area contributed by atoms with Gasteiger partial charge in [0.25, 0.3) is 5.91 Å². The second-order valence-electron chi connectivity index (χ2n) is 4.75. The average molecular weight is 292 g/mol. The number of thioether (sulfide) groups is 1.